The van der Waals surface area contributed by atoms with Gasteiger partial charge in [-0.25, -0.2) is 0 Å². The number of hydrogen-bond donors (Lipinski definition) is 0. The van der Waals surface area contributed by atoms with Gasteiger partial charge in [-0.3, -0.25) is 0 Å². The van der Waals surface area contributed by atoms with Crippen LogP contribution in [-0.4, -0.2) is 42.8 Å². The van der Waals surface area contributed by atoms with Gasteiger partial charge in [0.05, 0.1) is 12.8 Å². The maximum absolute atomic E-state index is 5.16. The Kier molecular flexibility index (Phi) is 5.52. The standard InChI is InChI=1S/C19H27N2O/c1-22-16-15-20-12-8-17(9-13-20)5-4-11-21-14-10-18-6-2-3-7-19(18)21/h2-3,6-7,10,17H,4-5,8-9,11-13,15-16H2,1H3. The number of methoxy groups -OCH3 is 1. The average molecular weight is 299 g/mol. The van der Waals surface area contributed by atoms with Crippen molar-refractivity contribution in [1.29, 1.82) is 0 Å². The maximum Gasteiger partial charge on any atom is 0.0659 e. The largest absolute Gasteiger partial charge is 0.383 e. The van der Waals surface area contributed by atoms with Gasteiger partial charge in [0.1, 0.15) is 0 Å². The number of hydrogen-bond acceptors (Lipinski definition) is 2. The minimum atomic E-state index is 0.862. The highest BCUT2D eigenvalue weighted by atomic mass is 16.5. The summed E-state index contributed by atoms with van der Waals surface area (Å²) in [5, 5.41) is 1.30. The van der Waals surface area contributed by atoms with E-state index >= 15 is 0 Å². The van der Waals surface area contributed by atoms with Crippen LogP contribution in [0.3, 0.4) is 0 Å². The van der Waals surface area contributed by atoms with Gasteiger partial charge in [-0.15, -0.1) is 0 Å². The third-order valence-electron chi connectivity index (χ3n) is 4.92. The lowest BCUT2D eigenvalue weighted by molar-refractivity contribution is 0.118. The summed E-state index contributed by atoms with van der Waals surface area (Å²) in [7, 11) is 1.79. The minimum Gasteiger partial charge on any atom is -0.383 e. The van der Waals surface area contributed by atoms with Crippen molar-refractivity contribution in [3.8, 4) is 0 Å². The Bertz CT molecular complexity index is 570. The number of rotatable bonds is 7. The monoisotopic (exact) mass is 299 g/mol. The number of para-hydroxylation sites is 1. The van der Waals surface area contributed by atoms with Crippen molar-refractivity contribution >= 4 is 10.9 Å². The minimum absolute atomic E-state index is 0.862. The maximum atomic E-state index is 5.16. The van der Waals surface area contributed by atoms with Crippen LogP contribution in [0.15, 0.2) is 30.3 Å². The van der Waals surface area contributed by atoms with Gasteiger partial charge in [-0.05, 0) is 56.8 Å². The fraction of sp³-hybridized carbons (Fsp3) is 0.579. The highest BCUT2D eigenvalue weighted by molar-refractivity contribution is 5.79. The molecule has 1 radical (unpaired) electrons. The molecule has 0 bridgehead atoms. The van der Waals surface area contributed by atoms with Gasteiger partial charge in [0.25, 0.3) is 0 Å². The topological polar surface area (TPSA) is 17.4 Å². The van der Waals surface area contributed by atoms with Crippen molar-refractivity contribution in [3.05, 3.63) is 36.5 Å². The van der Waals surface area contributed by atoms with Gasteiger partial charge in [-0.2, -0.15) is 0 Å². The lowest BCUT2D eigenvalue weighted by Crippen LogP contribution is -2.35. The normalized spacial score (nSPS) is 17.3. The van der Waals surface area contributed by atoms with Crippen LogP contribution in [0.25, 0.3) is 10.9 Å². The Morgan fingerprint density at radius 3 is 2.82 bits per heavy atom. The van der Waals surface area contributed by atoms with Crippen LogP contribution in [-0.2, 0) is 11.3 Å². The molecule has 1 aliphatic heterocycles. The van der Waals surface area contributed by atoms with Gasteiger partial charge in [0, 0.05) is 31.1 Å². The van der Waals surface area contributed by atoms with E-state index in [2.05, 4.69) is 46.0 Å². The quantitative estimate of drug-likeness (QED) is 0.777. The summed E-state index contributed by atoms with van der Waals surface area (Å²) in [6.45, 7) is 5.53. The van der Waals surface area contributed by atoms with Gasteiger partial charge in [0.2, 0.25) is 0 Å². The second kappa shape index (κ2) is 7.80. The summed E-state index contributed by atoms with van der Waals surface area (Å²) >= 11 is 0. The number of fused-ring (bicyclic) bond motifs is 1. The Morgan fingerprint density at radius 1 is 1.18 bits per heavy atom. The average Bonchev–Trinajstić information content (AvgIpc) is 2.98. The Balaban J connectivity index is 1.41. The lowest BCUT2D eigenvalue weighted by Gasteiger charge is -2.31. The number of likely N-dealkylation sites (tertiary alicyclic amines) is 1. The zero-order chi connectivity index (χ0) is 15.2. The number of benzene rings is 1. The second-order valence-electron chi connectivity index (χ2n) is 6.40. The molecule has 2 aromatic rings. The Labute approximate surface area is 133 Å². The molecule has 3 heteroatoms. The number of aromatic nitrogens is 1. The van der Waals surface area contributed by atoms with E-state index in [0.717, 1.165) is 25.6 Å². The summed E-state index contributed by atoms with van der Waals surface area (Å²) in [5.41, 5.74) is 1.32. The zero-order valence-electron chi connectivity index (χ0n) is 13.6. The predicted octanol–water partition coefficient (Wildman–Crippen LogP) is 3.58. The molecule has 1 aliphatic rings. The van der Waals surface area contributed by atoms with Crippen molar-refractivity contribution in [2.75, 3.05) is 33.4 Å². The van der Waals surface area contributed by atoms with Crippen LogP contribution in [0, 0.1) is 12.1 Å². The molecule has 0 amide bonds. The number of ether oxygens (including phenoxy) is 1. The van der Waals surface area contributed by atoms with Crippen LogP contribution < -0.4 is 0 Å². The van der Waals surface area contributed by atoms with E-state index in [1.807, 2.05) is 0 Å². The number of piperidine rings is 1. The Hall–Kier alpha value is -1.32. The summed E-state index contributed by atoms with van der Waals surface area (Å²) in [5.74, 6) is 0.903. The van der Waals surface area contributed by atoms with Crippen LogP contribution in [0.1, 0.15) is 25.7 Å². The molecule has 1 fully saturated rings. The molecule has 0 spiro atoms. The first kappa shape index (κ1) is 15.6. The molecular weight excluding hydrogens is 272 g/mol. The van der Waals surface area contributed by atoms with Crippen molar-refractivity contribution < 1.29 is 4.74 Å². The Morgan fingerprint density at radius 2 is 2.00 bits per heavy atom. The molecule has 22 heavy (non-hydrogen) atoms. The van der Waals surface area contributed by atoms with Crippen molar-refractivity contribution in [1.82, 2.24) is 9.47 Å². The smallest absolute Gasteiger partial charge is 0.0659 e. The van der Waals surface area contributed by atoms with E-state index in [4.69, 9.17) is 4.74 Å². The van der Waals surface area contributed by atoms with Crippen LogP contribution in [0.5, 0.6) is 0 Å². The fourth-order valence-electron chi connectivity index (χ4n) is 3.51. The predicted molar refractivity (Wildman–Crippen MR) is 91.0 cm³/mol. The van der Waals surface area contributed by atoms with Gasteiger partial charge >= 0.3 is 0 Å². The summed E-state index contributed by atoms with van der Waals surface area (Å²) in [6.07, 6.45) is 8.68. The van der Waals surface area contributed by atoms with Crippen LogP contribution >= 0.6 is 0 Å². The first-order chi connectivity index (χ1) is 10.9. The van der Waals surface area contributed by atoms with Gasteiger partial charge in [0.15, 0.2) is 0 Å². The van der Waals surface area contributed by atoms with E-state index in [-0.39, 0.29) is 0 Å². The third-order valence-corrected chi connectivity index (χ3v) is 4.92. The first-order valence-corrected chi connectivity index (χ1v) is 8.54. The SMILES string of the molecule is COCCN1CCC(CCCn2[c]cc3ccccc32)CC1. The van der Waals surface area contributed by atoms with Crippen molar-refractivity contribution in [2.45, 2.75) is 32.2 Å². The van der Waals surface area contributed by atoms with Crippen molar-refractivity contribution in [3.63, 3.8) is 0 Å². The molecule has 2 heterocycles. The van der Waals surface area contributed by atoms with Gasteiger partial charge in [-0.1, -0.05) is 18.2 Å². The second-order valence-corrected chi connectivity index (χ2v) is 6.40. The highest BCUT2D eigenvalue weighted by Crippen LogP contribution is 2.23. The zero-order valence-corrected chi connectivity index (χ0v) is 13.6. The molecule has 1 aromatic carbocycles. The fourth-order valence-corrected chi connectivity index (χ4v) is 3.51. The lowest BCUT2D eigenvalue weighted by atomic mass is 9.92. The molecule has 0 atom stereocenters. The van der Waals surface area contributed by atoms with E-state index in [1.165, 1.54) is 49.7 Å². The molecule has 3 rings (SSSR count). The number of aryl methyl sites for hydroxylation is 1. The van der Waals surface area contributed by atoms with E-state index < -0.39 is 0 Å². The first-order valence-electron chi connectivity index (χ1n) is 8.54. The van der Waals surface area contributed by atoms with Crippen molar-refractivity contribution in [2.24, 2.45) is 5.92 Å². The van der Waals surface area contributed by atoms with E-state index in [0.29, 0.717) is 0 Å². The molecule has 119 valence electrons. The summed E-state index contributed by atoms with van der Waals surface area (Å²) in [6, 6.07) is 10.7. The molecule has 0 unspecified atom stereocenters. The summed E-state index contributed by atoms with van der Waals surface area (Å²) < 4.78 is 7.45. The third kappa shape index (κ3) is 3.90. The van der Waals surface area contributed by atoms with Crippen LogP contribution in [0.2, 0.25) is 0 Å². The molecule has 0 N–H and O–H groups in total. The molecule has 3 nitrogen and oxygen atoms in total. The van der Waals surface area contributed by atoms with E-state index in [1.54, 1.807) is 7.11 Å². The van der Waals surface area contributed by atoms with E-state index in [9.17, 15) is 0 Å². The molecule has 0 saturated carbocycles. The van der Waals surface area contributed by atoms with Crippen LogP contribution in [0.4, 0.5) is 0 Å². The molecule has 1 saturated heterocycles. The number of nitrogens with zero attached hydrogens (tertiary/aromatic N) is 2. The molecular formula is C19H27N2O. The summed E-state index contributed by atoms with van der Waals surface area (Å²) in [4.78, 5) is 2.53. The molecule has 1 aromatic heterocycles. The van der Waals surface area contributed by atoms with Gasteiger partial charge < -0.3 is 14.2 Å². The highest BCUT2D eigenvalue weighted by Gasteiger charge is 2.18. The molecule has 0 aliphatic carbocycles.